The second-order valence-corrected chi connectivity index (χ2v) is 7.21. The van der Waals surface area contributed by atoms with Crippen LogP contribution < -0.4 is 5.84 Å². The molecule has 0 aromatic carbocycles. The van der Waals surface area contributed by atoms with Crippen molar-refractivity contribution in [3.8, 4) is 0 Å². The second-order valence-electron chi connectivity index (χ2n) is 7.21. The van der Waals surface area contributed by atoms with Gasteiger partial charge in [-0.3, -0.25) is 10.7 Å². The highest BCUT2D eigenvalue weighted by atomic mass is 16.3. The Hall–Kier alpha value is -0.200. The molecule has 0 aromatic heterocycles. The van der Waals surface area contributed by atoms with Crippen molar-refractivity contribution in [3.63, 3.8) is 0 Å². The van der Waals surface area contributed by atoms with Gasteiger partial charge >= 0.3 is 0 Å². The summed E-state index contributed by atoms with van der Waals surface area (Å²) in [5.74, 6) is 5.77. The van der Waals surface area contributed by atoms with Gasteiger partial charge < -0.3 is 10.0 Å². The van der Waals surface area contributed by atoms with E-state index in [1.165, 1.54) is 0 Å². The van der Waals surface area contributed by atoms with Crippen LogP contribution in [0.5, 0.6) is 0 Å². The fourth-order valence-corrected chi connectivity index (χ4v) is 3.96. The fraction of sp³-hybridized carbons (Fsp3) is 1.00. The molecule has 1 saturated carbocycles. The lowest BCUT2D eigenvalue weighted by molar-refractivity contribution is -0.105. The zero-order valence-electron chi connectivity index (χ0n) is 12.1. The Kier molecular flexibility index (Phi) is 3.60. The van der Waals surface area contributed by atoms with Crippen LogP contribution in [0.15, 0.2) is 0 Å². The SMILES string of the molecule is CN1CCN(CC2(O)CCC3(CC2)CN(N)C3)CC1. The van der Waals surface area contributed by atoms with Crippen LogP contribution in [-0.2, 0) is 0 Å². The lowest BCUT2D eigenvalue weighted by Gasteiger charge is -2.54. The minimum atomic E-state index is -0.448. The summed E-state index contributed by atoms with van der Waals surface area (Å²) in [5.41, 5.74) is -0.0146. The van der Waals surface area contributed by atoms with E-state index >= 15 is 0 Å². The zero-order chi connectivity index (χ0) is 13.5. The van der Waals surface area contributed by atoms with E-state index < -0.39 is 5.60 Å². The lowest BCUT2D eigenvalue weighted by Crippen LogP contribution is -2.62. The van der Waals surface area contributed by atoms with Gasteiger partial charge in [-0.1, -0.05) is 0 Å². The summed E-state index contributed by atoms with van der Waals surface area (Å²) in [7, 11) is 2.17. The molecule has 0 radical (unpaired) electrons. The molecule has 1 spiro atoms. The normalized spacial score (nSPS) is 32.4. The number of β-amino-alcohol motifs (C(OH)–C–C–N with tert-alkyl or cyclic N) is 1. The summed E-state index contributed by atoms with van der Waals surface area (Å²) in [6.07, 6.45) is 4.19. The molecule has 2 aliphatic heterocycles. The molecule has 3 aliphatic rings. The zero-order valence-corrected chi connectivity index (χ0v) is 12.1. The minimum Gasteiger partial charge on any atom is -0.389 e. The van der Waals surface area contributed by atoms with Crippen LogP contribution in [0.1, 0.15) is 25.7 Å². The van der Waals surface area contributed by atoms with Gasteiger partial charge in [0.1, 0.15) is 0 Å². The Labute approximate surface area is 116 Å². The Balaban J connectivity index is 1.49. The average molecular weight is 268 g/mol. The van der Waals surface area contributed by atoms with Crippen LogP contribution in [0, 0.1) is 5.41 Å². The number of rotatable bonds is 2. The predicted octanol–water partition coefficient (Wildman–Crippen LogP) is -0.285. The Morgan fingerprint density at radius 3 is 2.11 bits per heavy atom. The van der Waals surface area contributed by atoms with Gasteiger partial charge in [0, 0.05) is 45.8 Å². The smallest absolute Gasteiger partial charge is 0.0774 e. The van der Waals surface area contributed by atoms with Crippen molar-refractivity contribution < 1.29 is 5.11 Å². The molecule has 19 heavy (non-hydrogen) atoms. The number of likely N-dealkylation sites (N-methyl/N-ethyl adjacent to an activating group) is 1. The van der Waals surface area contributed by atoms with E-state index in [2.05, 4.69) is 16.8 Å². The van der Waals surface area contributed by atoms with E-state index in [0.717, 1.165) is 71.5 Å². The second kappa shape index (κ2) is 4.97. The van der Waals surface area contributed by atoms with E-state index in [9.17, 15) is 5.11 Å². The van der Waals surface area contributed by atoms with Crippen molar-refractivity contribution in [1.82, 2.24) is 14.8 Å². The first-order valence-corrected chi connectivity index (χ1v) is 7.62. The first-order valence-electron chi connectivity index (χ1n) is 7.62. The molecule has 5 heteroatoms. The fourth-order valence-electron chi connectivity index (χ4n) is 3.96. The highest BCUT2D eigenvalue weighted by Crippen LogP contribution is 2.46. The molecule has 5 nitrogen and oxygen atoms in total. The van der Waals surface area contributed by atoms with Gasteiger partial charge in [-0.25, -0.2) is 5.01 Å². The first-order chi connectivity index (χ1) is 8.99. The van der Waals surface area contributed by atoms with Crippen LogP contribution in [0.25, 0.3) is 0 Å². The number of nitrogens with two attached hydrogens (primary N) is 1. The van der Waals surface area contributed by atoms with Gasteiger partial charge in [-0.05, 0) is 38.1 Å². The number of hydrogen-bond acceptors (Lipinski definition) is 5. The number of piperazine rings is 1. The molecule has 0 unspecified atom stereocenters. The number of hydrogen-bond donors (Lipinski definition) is 2. The van der Waals surface area contributed by atoms with E-state index in [-0.39, 0.29) is 0 Å². The number of nitrogens with zero attached hydrogens (tertiary/aromatic N) is 3. The van der Waals surface area contributed by atoms with Gasteiger partial charge in [0.15, 0.2) is 0 Å². The first kappa shape index (κ1) is 13.8. The molecule has 2 saturated heterocycles. The van der Waals surface area contributed by atoms with Crippen molar-refractivity contribution >= 4 is 0 Å². The molecule has 0 aromatic rings. The Bertz CT molecular complexity index is 311. The van der Waals surface area contributed by atoms with Crippen LogP contribution in [0.4, 0.5) is 0 Å². The average Bonchev–Trinajstić information content (AvgIpc) is 2.34. The van der Waals surface area contributed by atoms with Gasteiger partial charge in [0.2, 0.25) is 0 Å². The maximum absolute atomic E-state index is 10.8. The third-order valence-electron chi connectivity index (χ3n) is 5.43. The molecule has 3 N–H and O–H groups in total. The molecule has 0 atom stereocenters. The monoisotopic (exact) mass is 268 g/mol. The van der Waals surface area contributed by atoms with Crippen LogP contribution in [0.2, 0.25) is 0 Å². The summed E-state index contributed by atoms with van der Waals surface area (Å²) >= 11 is 0. The van der Waals surface area contributed by atoms with Crippen molar-refractivity contribution in [3.05, 3.63) is 0 Å². The molecule has 110 valence electrons. The van der Waals surface area contributed by atoms with E-state index in [0.29, 0.717) is 5.41 Å². The molecule has 2 heterocycles. The van der Waals surface area contributed by atoms with E-state index in [1.54, 1.807) is 0 Å². The standard InChI is InChI=1S/C14H28N4O/c1-16-6-8-17(9-7-16)12-14(19)4-2-13(3-5-14)10-18(15)11-13/h19H,2-12,15H2,1H3. The van der Waals surface area contributed by atoms with Crippen LogP contribution in [0.3, 0.4) is 0 Å². The maximum atomic E-state index is 10.8. The van der Waals surface area contributed by atoms with Crippen molar-refractivity contribution in [2.24, 2.45) is 11.3 Å². The van der Waals surface area contributed by atoms with Crippen molar-refractivity contribution in [1.29, 1.82) is 0 Å². The van der Waals surface area contributed by atoms with E-state index in [1.807, 2.05) is 5.01 Å². The number of hydrazine groups is 1. The van der Waals surface area contributed by atoms with Gasteiger partial charge in [0.05, 0.1) is 5.60 Å². The molecular formula is C14H28N4O. The van der Waals surface area contributed by atoms with Gasteiger partial charge in [0.25, 0.3) is 0 Å². The largest absolute Gasteiger partial charge is 0.389 e. The predicted molar refractivity (Wildman–Crippen MR) is 75.5 cm³/mol. The molecular weight excluding hydrogens is 240 g/mol. The highest BCUT2D eigenvalue weighted by molar-refractivity contribution is 5.01. The third kappa shape index (κ3) is 2.95. The van der Waals surface area contributed by atoms with E-state index in [4.69, 9.17) is 5.84 Å². The molecule has 3 fully saturated rings. The topological polar surface area (TPSA) is 56.0 Å². The summed E-state index contributed by atoms with van der Waals surface area (Å²) in [4.78, 5) is 4.80. The molecule has 0 amide bonds. The van der Waals surface area contributed by atoms with Crippen LogP contribution >= 0.6 is 0 Å². The van der Waals surface area contributed by atoms with Crippen LogP contribution in [-0.4, -0.2) is 78.4 Å². The van der Waals surface area contributed by atoms with Crippen molar-refractivity contribution in [2.45, 2.75) is 31.3 Å². The summed E-state index contributed by atoms with van der Waals surface area (Å²) in [5, 5.41) is 12.7. The molecule has 0 bridgehead atoms. The van der Waals surface area contributed by atoms with Gasteiger partial charge in [-0.2, -0.15) is 0 Å². The Morgan fingerprint density at radius 1 is 1.00 bits per heavy atom. The molecule has 1 aliphatic carbocycles. The summed E-state index contributed by atoms with van der Waals surface area (Å²) < 4.78 is 0. The van der Waals surface area contributed by atoms with Crippen molar-refractivity contribution in [2.75, 3.05) is 52.9 Å². The number of aliphatic hydroxyl groups is 1. The molecule has 3 rings (SSSR count). The third-order valence-corrected chi connectivity index (χ3v) is 5.43. The summed E-state index contributed by atoms with van der Waals surface area (Å²) in [6, 6.07) is 0. The highest BCUT2D eigenvalue weighted by Gasteiger charge is 2.48. The Morgan fingerprint density at radius 2 is 1.58 bits per heavy atom. The van der Waals surface area contributed by atoms with Gasteiger partial charge in [-0.15, -0.1) is 0 Å². The summed E-state index contributed by atoms with van der Waals surface area (Å²) in [6.45, 7) is 7.36. The minimum absolute atomic E-state index is 0.434. The lowest BCUT2D eigenvalue weighted by atomic mass is 9.65. The maximum Gasteiger partial charge on any atom is 0.0774 e. The quantitative estimate of drug-likeness (QED) is 0.674.